The van der Waals surface area contributed by atoms with Gasteiger partial charge in [0.05, 0.1) is 17.8 Å². The first kappa shape index (κ1) is 17.8. The molecule has 0 N–H and O–H groups in total. The van der Waals surface area contributed by atoms with E-state index in [1.165, 1.54) is 11.3 Å². The highest BCUT2D eigenvalue weighted by Crippen LogP contribution is 2.38. The molecule has 3 fully saturated rings. The molecule has 0 spiro atoms. The van der Waals surface area contributed by atoms with Crippen LogP contribution in [0.25, 0.3) is 10.7 Å². The number of aromatic nitrogens is 2. The van der Waals surface area contributed by atoms with Crippen molar-refractivity contribution >= 4 is 23.2 Å². The van der Waals surface area contributed by atoms with E-state index in [9.17, 15) is 9.59 Å². The number of piperidine rings is 3. The Kier molecular flexibility index (Phi) is 4.62. The lowest BCUT2D eigenvalue weighted by Gasteiger charge is -2.52. The van der Waals surface area contributed by atoms with Gasteiger partial charge < -0.3 is 9.80 Å². The van der Waals surface area contributed by atoms with Crippen molar-refractivity contribution in [3.63, 3.8) is 0 Å². The van der Waals surface area contributed by atoms with Crippen molar-refractivity contribution in [2.45, 2.75) is 38.1 Å². The Bertz CT molecular complexity index is 884. The molecule has 2 bridgehead atoms. The van der Waals surface area contributed by atoms with E-state index in [2.05, 4.69) is 14.9 Å². The number of hydrogen-bond acceptors (Lipinski definition) is 5. The molecule has 6 nitrogen and oxygen atoms in total. The molecule has 0 aromatic carbocycles. The van der Waals surface area contributed by atoms with E-state index >= 15 is 0 Å². The standard InChI is InChI=1S/C21H24N4O2S/c26-19-6-3-5-18-15-8-14(11-25(18)19)10-24(12-15)20(27)9-16-13-28-21(23-16)17-4-1-2-7-22-17/h1-2,4,7,13-15,18H,3,5-6,8-12H2/t14-,15+,18+/m1/s1. The minimum atomic E-state index is 0.156. The quantitative estimate of drug-likeness (QED) is 0.800. The summed E-state index contributed by atoms with van der Waals surface area (Å²) in [5.74, 6) is 1.32. The maximum atomic E-state index is 13.0. The lowest BCUT2D eigenvalue weighted by molar-refractivity contribution is -0.148. The minimum Gasteiger partial charge on any atom is -0.342 e. The van der Waals surface area contributed by atoms with Crippen LogP contribution in [0.1, 0.15) is 31.4 Å². The van der Waals surface area contributed by atoms with Crippen LogP contribution in [-0.4, -0.2) is 57.3 Å². The van der Waals surface area contributed by atoms with Gasteiger partial charge in [-0.05, 0) is 43.2 Å². The number of likely N-dealkylation sites (tertiary alicyclic amines) is 1. The van der Waals surface area contributed by atoms with Gasteiger partial charge in [-0.15, -0.1) is 11.3 Å². The first-order valence-electron chi connectivity index (χ1n) is 10.1. The lowest BCUT2D eigenvalue weighted by atomic mass is 9.76. The summed E-state index contributed by atoms with van der Waals surface area (Å²) in [7, 11) is 0. The summed E-state index contributed by atoms with van der Waals surface area (Å²) in [6, 6.07) is 6.10. The van der Waals surface area contributed by atoms with E-state index in [0.29, 0.717) is 36.6 Å². The molecule has 5 heterocycles. The Balaban J connectivity index is 1.26. The maximum absolute atomic E-state index is 13.0. The minimum absolute atomic E-state index is 0.156. The van der Waals surface area contributed by atoms with Crippen LogP contribution in [-0.2, 0) is 16.0 Å². The largest absolute Gasteiger partial charge is 0.342 e. The van der Waals surface area contributed by atoms with E-state index in [0.717, 1.165) is 55.3 Å². The van der Waals surface area contributed by atoms with Gasteiger partial charge in [-0.1, -0.05) is 6.07 Å². The molecular formula is C21H24N4O2S. The zero-order valence-corrected chi connectivity index (χ0v) is 16.6. The van der Waals surface area contributed by atoms with Crippen LogP contribution in [0.2, 0.25) is 0 Å². The summed E-state index contributed by atoms with van der Waals surface area (Å²) in [6.07, 6.45) is 6.03. The molecule has 3 aliphatic rings. The van der Waals surface area contributed by atoms with E-state index < -0.39 is 0 Å². The molecule has 5 rings (SSSR count). The number of carbonyl (C=O) groups is 2. The fraction of sp³-hybridized carbons (Fsp3) is 0.524. The highest BCUT2D eigenvalue weighted by molar-refractivity contribution is 7.13. The molecule has 3 saturated heterocycles. The van der Waals surface area contributed by atoms with Gasteiger partial charge in [0.1, 0.15) is 5.01 Å². The fourth-order valence-corrected chi connectivity index (χ4v) is 5.87. The Morgan fingerprint density at radius 1 is 1.25 bits per heavy atom. The van der Waals surface area contributed by atoms with Crippen molar-refractivity contribution in [2.24, 2.45) is 11.8 Å². The molecule has 2 aromatic heterocycles. The average Bonchev–Trinajstić information content (AvgIpc) is 3.18. The van der Waals surface area contributed by atoms with Gasteiger partial charge in [-0.25, -0.2) is 4.98 Å². The third-order valence-electron chi connectivity index (χ3n) is 6.30. The number of thiazole rings is 1. The first-order valence-corrected chi connectivity index (χ1v) is 11.0. The number of pyridine rings is 1. The number of fused-ring (bicyclic) bond motifs is 4. The van der Waals surface area contributed by atoms with E-state index in [1.54, 1.807) is 6.20 Å². The predicted octanol–water partition coefficient (Wildman–Crippen LogP) is 2.61. The number of carbonyl (C=O) groups excluding carboxylic acids is 2. The third kappa shape index (κ3) is 3.32. The van der Waals surface area contributed by atoms with Crippen LogP contribution >= 0.6 is 11.3 Å². The molecule has 0 unspecified atom stereocenters. The van der Waals surface area contributed by atoms with E-state index in [1.807, 2.05) is 28.5 Å². The fourth-order valence-electron chi connectivity index (χ4n) is 5.08. The highest BCUT2D eigenvalue weighted by atomic mass is 32.1. The average molecular weight is 397 g/mol. The summed E-state index contributed by atoms with van der Waals surface area (Å²) in [4.78, 5) is 38.3. The summed E-state index contributed by atoms with van der Waals surface area (Å²) in [5, 5.41) is 2.82. The smallest absolute Gasteiger partial charge is 0.228 e. The Labute approximate surface area is 168 Å². The van der Waals surface area contributed by atoms with Crippen LogP contribution in [0.5, 0.6) is 0 Å². The van der Waals surface area contributed by atoms with Crippen LogP contribution in [0.4, 0.5) is 0 Å². The second-order valence-electron chi connectivity index (χ2n) is 8.20. The molecule has 2 amide bonds. The molecule has 0 radical (unpaired) electrons. The third-order valence-corrected chi connectivity index (χ3v) is 7.21. The normalized spacial score (nSPS) is 26.9. The van der Waals surface area contributed by atoms with E-state index in [-0.39, 0.29) is 5.91 Å². The summed E-state index contributed by atoms with van der Waals surface area (Å²) in [6.45, 7) is 2.37. The molecule has 3 atom stereocenters. The van der Waals surface area contributed by atoms with Gasteiger partial charge in [0.25, 0.3) is 0 Å². The summed E-state index contributed by atoms with van der Waals surface area (Å²) >= 11 is 1.53. The van der Waals surface area contributed by atoms with Gasteiger partial charge in [0.15, 0.2) is 0 Å². The van der Waals surface area contributed by atoms with Crippen LogP contribution in [0, 0.1) is 11.8 Å². The molecule has 7 heteroatoms. The summed E-state index contributed by atoms with van der Waals surface area (Å²) < 4.78 is 0. The van der Waals surface area contributed by atoms with Gasteiger partial charge in [-0.2, -0.15) is 0 Å². The van der Waals surface area contributed by atoms with E-state index in [4.69, 9.17) is 0 Å². The number of hydrogen-bond donors (Lipinski definition) is 0. The van der Waals surface area contributed by atoms with Crippen molar-refractivity contribution in [3.8, 4) is 10.7 Å². The van der Waals surface area contributed by atoms with Gasteiger partial charge >= 0.3 is 0 Å². The number of nitrogens with zero attached hydrogens (tertiary/aromatic N) is 4. The van der Waals surface area contributed by atoms with Crippen molar-refractivity contribution in [1.29, 1.82) is 0 Å². The van der Waals surface area contributed by atoms with Crippen molar-refractivity contribution < 1.29 is 9.59 Å². The zero-order valence-electron chi connectivity index (χ0n) is 15.8. The first-order chi connectivity index (χ1) is 13.7. The Morgan fingerprint density at radius 3 is 3.04 bits per heavy atom. The van der Waals surface area contributed by atoms with Crippen molar-refractivity contribution in [2.75, 3.05) is 19.6 Å². The number of rotatable bonds is 3. The molecule has 0 saturated carbocycles. The molecule has 2 aromatic rings. The monoisotopic (exact) mass is 396 g/mol. The second kappa shape index (κ2) is 7.28. The molecule has 28 heavy (non-hydrogen) atoms. The maximum Gasteiger partial charge on any atom is 0.228 e. The highest BCUT2D eigenvalue weighted by Gasteiger charge is 2.44. The van der Waals surface area contributed by atoms with Crippen molar-refractivity contribution in [1.82, 2.24) is 19.8 Å². The molecule has 3 aliphatic heterocycles. The Morgan fingerprint density at radius 2 is 2.18 bits per heavy atom. The van der Waals surface area contributed by atoms with Gasteiger partial charge in [0, 0.05) is 43.7 Å². The SMILES string of the molecule is O=C(Cc1csc(-c2ccccn2)n1)N1C[C@H]2C[C@@H](C1)[C@@H]1CCCC(=O)N1C2. The lowest BCUT2D eigenvalue weighted by Crippen LogP contribution is -2.61. The molecule has 0 aliphatic carbocycles. The molecule has 146 valence electrons. The van der Waals surface area contributed by atoms with Gasteiger partial charge in [-0.3, -0.25) is 14.6 Å². The zero-order chi connectivity index (χ0) is 19.1. The van der Waals surface area contributed by atoms with Crippen LogP contribution in [0.15, 0.2) is 29.8 Å². The predicted molar refractivity (Wildman–Crippen MR) is 107 cm³/mol. The molecular weight excluding hydrogens is 372 g/mol. The van der Waals surface area contributed by atoms with Gasteiger partial charge in [0.2, 0.25) is 11.8 Å². The van der Waals surface area contributed by atoms with Crippen LogP contribution < -0.4 is 0 Å². The van der Waals surface area contributed by atoms with Crippen molar-refractivity contribution in [3.05, 3.63) is 35.5 Å². The number of amides is 2. The topological polar surface area (TPSA) is 66.4 Å². The second-order valence-corrected chi connectivity index (χ2v) is 9.06. The summed E-state index contributed by atoms with van der Waals surface area (Å²) in [5.41, 5.74) is 1.67. The Hall–Kier alpha value is -2.28. The van der Waals surface area contributed by atoms with Crippen LogP contribution in [0.3, 0.4) is 0 Å².